The molecule has 1 heterocycles. The van der Waals surface area contributed by atoms with Gasteiger partial charge in [-0.05, 0) is 38.3 Å². The van der Waals surface area contributed by atoms with E-state index in [9.17, 15) is 4.39 Å². The number of halogens is 1. The van der Waals surface area contributed by atoms with E-state index >= 15 is 0 Å². The zero-order valence-corrected chi connectivity index (χ0v) is 16.4. The molecule has 1 aliphatic heterocycles. The first-order valence-corrected chi connectivity index (χ1v) is 9.85. The van der Waals surface area contributed by atoms with Gasteiger partial charge in [0.15, 0.2) is 17.5 Å². The molecule has 1 saturated heterocycles. The summed E-state index contributed by atoms with van der Waals surface area (Å²) < 4.78 is 30.7. The van der Waals surface area contributed by atoms with E-state index in [1.807, 2.05) is 13.8 Å². The second-order valence-corrected chi connectivity index (χ2v) is 6.43. The maximum Gasteiger partial charge on any atom is 0.191 e. The number of hydrogen-bond donors (Lipinski definition) is 2. The summed E-state index contributed by atoms with van der Waals surface area (Å²) in [5.74, 6) is 0.613. The number of nitrogens with one attached hydrogen (secondary N) is 2. The Balaban J connectivity index is 1.73. The fourth-order valence-corrected chi connectivity index (χ4v) is 2.74. The summed E-state index contributed by atoms with van der Waals surface area (Å²) >= 11 is 0. The summed E-state index contributed by atoms with van der Waals surface area (Å²) in [6.45, 7) is 7.95. The van der Waals surface area contributed by atoms with Crippen LogP contribution in [0.2, 0.25) is 0 Å². The highest BCUT2D eigenvalue weighted by Gasteiger charge is 2.15. The van der Waals surface area contributed by atoms with Gasteiger partial charge in [-0.3, -0.25) is 0 Å². The van der Waals surface area contributed by atoms with Crippen molar-refractivity contribution in [3.63, 3.8) is 0 Å². The van der Waals surface area contributed by atoms with Crippen molar-refractivity contribution in [1.82, 2.24) is 10.6 Å². The highest BCUT2D eigenvalue weighted by Crippen LogP contribution is 2.18. The lowest BCUT2D eigenvalue weighted by Crippen LogP contribution is -2.40. The average molecular weight is 381 g/mol. The molecule has 27 heavy (non-hydrogen) atoms. The van der Waals surface area contributed by atoms with Crippen molar-refractivity contribution in [3.05, 3.63) is 30.1 Å². The van der Waals surface area contributed by atoms with E-state index in [0.717, 1.165) is 32.4 Å². The molecule has 0 spiro atoms. The van der Waals surface area contributed by atoms with Gasteiger partial charge in [-0.1, -0.05) is 19.1 Å². The fourth-order valence-electron chi connectivity index (χ4n) is 2.74. The topological polar surface area (TPSA) is 64.1 Å². The number of hydrogen-bond acceptors (Lipinski definition) is 4. The molecule has 0 amide bonds. The zero-order valence-electron chi connectivity index (χ0n) is 16.4. The van der Waals surface area contributed by atoms with Crippen molar-refractivity contribution in [1.29, 1.82) is 0 Å². The molecule has 6 nitrogen and oxygen atoms in total. The highest BCUT2D eigenvalue weighted by atomic mass is 19.1. The van der Waals surface area contributed by atoms with Crippen LogP contribution in [0.4, 0.5) is 4.39 Å². The van der Waals surface area contributed by atoms with Gasteiger partial charge in [-0.2, -0.15) is 0 Å². The molecule has 2 unspecified atom stereocenters. The SMILES string of the molecule is CCNC(=NCC(CC)Oc1ccccc1F)NCCOCC1CCCO1. The third kappa shape index (κ3) is 8.13. The zero-order chi connectivity index (χ0) is 19.3. The molecule has 1 aromatic carbocycles. The molecule has 0 saturated carbocycles. The van der Waals surface area contributed by atoms with Crippen molar-refractivity contribution >= 4 is 5.96 Å². The molecule has 152 valence electrons. The van der Waals surface area contributed by atoms with E-state index in [0.29, 0.717) is 32.3 Å². The molecule has 0 bridgehead atoms. The monoisotopic (exact) mass is 381 g/mol. The maximum absolute atomic E-state index is 13.7. The van der Waals surface area contributed by atoms with Gasteiger partial charge in [-0.15, -0.1) is 0 Å². The second kappa shape index (κ2) is 12.5. The summed E-state index contributed by atoms with van der Waals surface area (Å²) in [6, 6.07) is 6.44. The first-order chi connectivity index (χ1) is 13.2. The van der Waals surface area contributed by atoms with Gasteiger partial charge in [0.05, 0.1) is 25.9 Å². The van der Waals surface area contributed by atoms with Crippen molar-refractivity contribution in [2.24, 2.45) is 4.99 Å². The minimum Gasteiger partial charge on any atom is -0.485 e. The van der Waals surface area contributed by atoms with Gasteiger partial charge in [0.25, 0.3) is 0 Å². The average Bonchev–Trinajstić information content (AvgIpc) is 3.19. The predicted octanol–water partition coefficient (Wildman–Crippen LogP) is 2.73. The molecular formula is C20H32FN3O3. The van der Waals surface area contributed by atoms with Crippen LogP contribution in [0, 0.1) is 5.82 Å². The van der Waals surface area contributed by atoms with E-state index in [4.69, 9.17) is 14.2 Å². The number of ether oxygens (including phenoxy) is 3. The molecule has 0 radical (unpaired) electrons. The molecule has 1 aromatic rings. The molecule has 2 atom stereocenters. The standard InChI is InChI=1S/C20H32FN3O3/c1-3-16(27-19-10-6-5-9-18(19)21)14-24-20(22-4-2)23-11-13-25-15-17-8-7-12-26-17/h5-6,9-10,16-17H,3-4,7-8,11-15H2,1-2H3,(H2,22,23,24). The Morgan fingerprint density at radius 3 is 2.89 bits per heavy atom. The van der Waals surface area contributed by atoms with Crippen LogP contribution in [0.15, 0.2) is 29.3 Å². The normalized spacial score (nSPS) is 18.3. The fraction of sp³-hybridized carbons (Fsp3) is 0.650. The third-order valence-corrected chi connectivity index (χ3v) is 4.25. The van der Waals surface area contributed by atoms with Gasteiger partial charge >= 0.3 is 0 Å². The Morgan fingerprint density at radius 2 is 2.19 bits per heavy atom. The molecule has 7 heteroatoms. The van der Waals surface area contributed by atoms with Crippen LogP contribution in [-0.2, 0) is 9.47 Å². The molecular weight excluding hydrogens is 349 g/mol. The second-order valence-electron chi connectivity index (χ2n) is 6.43. The van der Waals surface area contributed by atoms with Crippen molar-refractivity contribution in [2.45, 2.75) is 45.3 Å². The molecule has 1 aliphatic rings. The first kappa shape index (κ1) is 21.4. The van der Waals surface area contributed by atoms with E-state index in [1.54, 1.807) is 18.2 Å². The van der Waals surface area contributed by atoms with Crippen LogP contribution < -0.4 is 15.4 Å². The van der Waals surface area contributed by atoms with Crippen LogP contribution in [0.25, 0.3) is 0 Å². The summed E-state index contributed by atoms with van der Waals surface area (Å²) in [5.41, 5.74) is 0. The maximum atomic E-state index is 13.7. The van der Waals surface area contributed by atoms with Crippen LogP contribution in [0.5, 0.6) is 5.75 Å². The molecule has 0 aromatic heterocycles. The first-order valence-electron chi connectivity index (χ1n) is 9.85. The molecule has 2 N–H and O–H groups in total. The van der Waals surface area contributed by atoms with Gasteiger partial charge in [0.1, 0.15) is 6.10 Å². The van der Waals surface area contributed by atoms with Crippen LogP contribution in [-0.4, -0.2) is 57.6 Å². The molecule has 1 fully saturated rings. The number of para-hydroxylation sites is 1. The molecule has 2 rings (SSSR count). The highest BCUT2D eigenvalue weighted by molar-refractivity contribution is 5.79. The minimum atomic E-state index is -0.353. The third-order valence-electron chi connectivity index (χ3n) is 4.25. The van der Waals surface area contributed by atoms with Crippen molar-refractivity contribution in [3.8, 4) is 5.75 Å². The number of rotatable bonds is 11. The van der Waals surface area contributed by atoms with Crippen molar-refractivity contribution in [2.75, 3.05) is 39.5 Å². The smallest absolute Gasteiger partial charge is 0.191 e. The minimum absolute atomic E-state index is 0.187. The Hall–Kier alpha value is -1.86. The number of guanidine groups is 1. The van der Waals surface area contributed by atoms with Gasteiger partial charge < -0.3 is 24.8 Å². The summed E-state index contributed by atoms with van der Waals surface area (Å²) in [6.07, 6.45) is 3.00. The van der Waals surface area contributed by atoms with E-state index in [-0.39, 0.29) is 23.8 Å². The Labute approximate surface area is 161 Å². The van der Waals surface area contributed by atoms with Crippen molar-refractivity contribution < 1.29 is 18.6 Å². The Morgan fingerprint density at radius 1 is 1.33 bits per heavy atom. The lowest BCUT2D eigenvalue weighted by molar-refractivity contribution is 0.0191. The van der Waals surface area contributed by atoms with Gasteiger partial charge in [0.2, 0.25) is 0 Å². The quantitative estimate of drug-likeness (QED) is 0.351. The van der Waals surface area contributed by atoms with E-state index < -0.39 is 0 Å². The molecule has 0 aliphatic carbocycles. The largest absolute Gasteiger partial charge is 0.485 e. The lowest BCUT2D eigenvalue weighted by Gasteiger charge is -2.18. The van der Waals surface area contributed by atoms with Gasteiger partial charge in [-0.25, -0.2) is 9.38 Å². The Bertz CT molecular complexity index is 565. The Kier molecular flexibility index (Phi) is 9.94. The number of benzene rings is 1. The van der Waals surface area contributed by atoms with E-state index in [1.165, 1.54) is 6.07 Å². The predicted molar refractivity (Wildman–Crippen MR) is 105 cm³/mol. The van der Waals surface area contributed by atoms with Gasteiger partial charge in [0, 0.05) is 19.7 Å². The summed E-state index contributed by atoms with van der Waals surface area (Å²) in [5, 5.41) is 6.44. The van der Waals surface area contributed by atoms with Crippen LogP contribution in [0.1, 0.15) is 33.1 Å². The lowest BCUT2D eigenvalue weighted by atomic mass is 10.2. The van der Waals surface area contributed by atoms with Crippen LogP contribution >= 0.6 is 0 Å². The van der Waals surface area contributed by atoms with E-state index in [2.05, 4.69) is 15.6 Å². The number of aliphatic imine (C=N–C) groups is 1. The number of nitrogens with zero attached hydrogens (tertiary/aromatic N) is 1. The van der Waals surface area contributed by atoms with Crippen LogP contribution in [0.3, 0.4) is 0 Å². The summed E-state index contributed by atoms with van der Waals surface area (Å²) in [4.78, 5) is 4.55. The summed E-state index contributed by atoms with van der Waals surface area (Å²) in [7, 11) is 0.